The van der Waals surface area contributed by atoms with Crippen molar-refractivity contribution >= 4 is 22.6 Å². The quantitative estimate of drug-likeness (QED) is 0.487. The molecule has 0 fully saturated rings. The van der Waals surface area contributed by atoms with Crippen LogP contribution in [0.15, 0.2) is 58.4 Å². The summed E-state index contributed by atoms with van der Waals surface area (Å²) in [6.07, 6.45) is 3.52. The van der Waals surface area contributed by atoms with Crippen molar-refractivity contribution in [3.8, 4) is 11.1 Å². The molecule has 0 saturated heterocycles. The summed E-state index contributed by atoms with van der Waals surface area (Å²) in [5.74, 6) is 0. The van der Waals surface area contributed by atoms with Gasteiger partial charge in [0, 0.05) is 26.0 Å². The van der Waals surface area contributed by atoms with Gasteiger partial charge in [-0.2, -0.15) is 5.10 Å². The smallest absolute Gasteiger partial charge is 0.275 e. The van der Waals surface area contributed by atoms with E-state index < -0.39 is 11.2 Å². The molecule has 0 amide bonds. The molecular weight excluding hydrogens is 414 g/mol. The lowest BCUT2D eigenvalue weighted by atomic mass is 9.97. The minimum Gasteiger partial charge on any atom is -0.275 e. The molecule has 0 aliphatic heterocycles. The second kappa shape index (κ2) is 7.81. The Hall–Kier alpha value is -3.19. The topological polar surface area (TPSA) is 74.7 Å². The van der Waals surface area contributed by atoms with E-state index in [4.69, 9.17) is 11.6 Å². The lowest BCUT2D eigenvalue weighted by Gasteiger charge is -2.20. The van der Waals surface area contributed by atoms with E-state index in [-0.39, 0.29) is 16.0 Å². The van der Waals surface area contributed by atoms with Gasteiger partial charge in [-0.05, 0) is 34.2 Å². The van der Waals surface area contributed by atoms with Crippen LogP contribution in [0.2, 0.25) is 5.15 Å². The van der Waals surface area contributed by atoms with E-state index in [0.29, 0.717) is 18.7 Å². The first-order valence-corrected chi connectivity index (χ1v) is 10.4. The van der Waals surface area contributed by atoms with Crippen LogP contribution in [0.25, 0.3) is 22.2 Å². The Morgan fingerprint density at radius 1 is 0.968 bits per heavy atom. The van der Waals surface area contributed by atoms with Gasteiger partial charge in [0.2, 0.25) is 0 Å². The first-order valence-electron chi connectivity index (χ1n) is 10.0. The van der Waals surface area contributed by atoms with Crippen LogP contribution in [0.1, 0.15) is 26.3 Å². The summed E-state index contributed by atoms with van der Waals surface area (Å²) in [4.78, 5) is 29.6. The summed E-state index contributed by atoms with van der Waals surface area (Å²) in [7, 11) is 1.47. The van der Waals surface area contributed by atoms with Gasteiger partial charge in [0.05, 0.1) is 6.54 Å². The molecule has 4 aromatic rings. The highest BCUT2D eigenvalue weighted by atomic mass is 35.5. The molecule has 3 heterocycles. The number of rotatable bonds is 4. The molecule has 0 N–H and O–H groups in total. The largest absolute Gasteiger partial charge is 0.332 e. The highest BCUT2D eigenvalue weighted by molar-refractivity contribution is 6.34. The second-order valence-corrected chi connectivity index (χ2v) is 9.23. The highest BCUT2D eigenvalue weighted by Gasteiger charge is 2.23. The lowest BCUT2D eigenvalue weighted by Crippen LogP contribution is -2.40. The number of benzene rings is 1. The summed E-state index contributed by atoms with van der Waals surface area (Å²) < 4.78 is 4.20. The van der Waals surface area contributed by atoms with Gasteiger partial charge in [0.15, 0.2) is 5.65 Å². The fraction of sp³-hybridized carbons (Fsp3) is 0.304. The SMILES string of the molecule is Cn1c(=O)c2c(Cl)n(Cc3ccc(-c4ccncc4)cc3)nc2n(CC(C)(C)C)c1=O. The summed E-state index contributed by atoms with van der Waals surface area (Å²) in [5.41, 5.74) is 2.46. The zero-order valence-electron chi connectivity index (χ0n) is 18.0. The first kappa shape index (κ1) is 21.1. The van der Waals surface area contributed by atoms with Crippen LogP contribution in [0.3, 0.4) is 0 Å². The zero-order chi connectivity index (χ0) is 22.3. The number of aromatic nitrogens is 5. The fourth-order valence-corrected chi connectivity index (χ4v) is 3.83. The van der Waals surface area contributed by atoms with E-state index in [2.05, 4.69) is 10.1 Å². The van der Waals surface area contributed by atoms with Crippen LogP contribution < -0.4 is 11.2 Å². The van der Waals surface area contributed by atoms with E-state index >= 15 is 0 Å². The molecule has 0 aliphatic carbocycles. The normalized spacial score (nSPS) is 11.9. The summed E-state index contributed by atoms with van der Waals surface area (Å²) >= 11 is 6.57. The molecule has 0 radical (unpaired) electrons. The first-order chi connectivity index (χ1) is 14.7. The van der Waals surface area contributed by atoms with E-state index in [9.17, 15) is 9.59 Å². The molecule has 0 aliphatic rings. The molecule has 31 heavy (non-hydrogen) atoms. The van der Waals surface area contributed by atoms with Gasteiger partial charge in [-0.25, -0.2) is 9.48 Å². The van der Waals surface area contributed by atoms with Crippen LogP contribution >= 0.6 is 11.6 Å². The Morgan fingerprint density at radius 3 is 2.19 bits per heavy atom. The molecule has 3 aromatic heterocycles. The van der Waals surface area contributed by atoms with E-state index in [1.54, 1.807) is 17.1 Å². The van der Waals surface area contributed by atoms with Crippen LogP contribution in [-0.4, -0.2) is 23.9 Å². The third-order valence-corrected chi connectivity index (χ3v) is 5.48. The molecular formula is C23H24ClN5O2. The maximum atomic E-state index is 12.8. The average molecular weight is 438 g/mol. The molecule has 0 atom stereocenters. The summed E-state index contributed by atoms with van der Waals surface area (Å²) in [5, 5.41) is 5.06. The Kier molecular flexibility index (Phi) is 5.31. The molecule has 7 nitrogen and oxygen atoms in total. The maximum Gasteiger partial charge on any atom is 0.332 e. The number of nitrogens with zero attached hydrogens (tertiary/aromatic N) is 5. The Balaban J connectivity index is 1.76. The molecule has 1 aromatic carbocycles. The zero-order valence-corrected chi connectivity index (χ0v) is 18.7. The average Bonchev–Trinajstić information content (AvgIpc) is 3.06. The predicted octanol–water partition coefficient (Wildman–Crippen LogP) is 3.71. The number of fused-ring (bicyclic) bond motifs is 1. The molecule has 8 heteroatoms. The molecule has 0 saturated carbocycles. The van der Waals surface area contributed by atoms with Gasteiger partial charge in [0.1, 0.15) is 10.5 Å². The lowest BCUT2D eigenvalue weighted by molar-refractivity contribution is 0.337. The number of hydrogen-bond donors (Lipinski definition) is 0. The van der Waals surface area contributed by atoms with Crippen LogP contribution in [0, 0.1) is 5.41 Å². The molecule has 0 bridgehead atoms. The van der Waals surface area contributed by atoms with Crippen LogP contribution in [-0.2, 0) is 20.1 Å². The van der Waals surface area contributed by atoms with Gasteiger partial charge in [-0.1, -0.05) is 56.6 Å². The minimum atomic E-state index is -0.436. The van der Waals surface area contributed by atoms with Crippen molar-refractivity contribution in [1.29, 1.82) is 0 Å². The van der Waals surface area contributed by atoms with Crippen LogP contribution in [0.5, 0.6) is 0 Å². The molecule has 0 spiro atoms. The van der Waals surface area contributed by atoms with Crippen molar-refractivity contribution < 1.29 is 0 Å². The monoisotopic (exact) mass is 437 g/mol. The Morgan fingerprint density at radius 2 is 1.58 bits per heavy atom. The Bertz CT molecular complexity index is 1360. The molecule has 160 valence electrons. The standard InChI is InChI=1S/C23H24ClN5O2/c1-23(2,3)14-28-20-18(21(30)27(4)22(28)31)19(24)29(26-20)13-15-5-7-16(8-6-15)17-9-11-25-12-10-17/h5-12H,13-14H2,1-4H3. The van der Waals surface area contributed by atoms with E-state index in [0.717, 1.165) is 21.3 Å². The third kappa shape index (κ3) is 4.05. The third-order valence-electron chi connectivity index (χ3n) is 5.10. The molecule has 0 unspecified atom stereocenters. The molecule has 4 rings (SSSR count). The van der Waals surface area contributed by atoms with Crippen molar-refractivity contribution in [3.05, 3.63) is 80.3 Å². The van der Waals surface area contributed by atoms with Gasteiger partial charge >= 0.3 is 5.69 Å². The van der Waals surface area contributed by atoms with Crippen molar-refractivity contribution in [1.82, 2.24) is 23.9 Å². The van der Waals surface area contributed by atoms with Gasteiger partial charge in [0.25, 0.3) is 5.56 Å². The fourth-order valence-electron chi connectivity index (χ4n) is 3.57. The summed E-state index contributed by atoms with van der Waals surface area (Å²) in [6.45, 7) is 6.89. The van der Waals surface area contributed by atoms with E-state index in [1.165, 1.54) is 11.6 Å². The minimum absolute atomic E-state index is 0.173. The van der Waals surface area contributed by atoms with Gasteiger partial charge in [-0.15, -0.1) is 0 Å². The predicted molar refractivity (Wildman–Crippen MR) is 122 cm³/mol. The van der Waals surface area contributed by atoms with E-state index in [1.807, 2.05) is 57.2 Å². The maximum absolute atomic E-state index is 12.8. The number of hydrogen-bond acceptors (Lipinski definition) is 4. The Labute approximate surface area is 184 Å². The summed E-state index contributed by atoms with van der Waals surface area (Å²) in [6, 6.07) is 12.0. The van der Waals surface area contributed by atoms with Crippen molar-refractivity contribution in [2.24, 2.45) is 12.5 Å². The number of halogens is 1. The van der Waals surface area contributed by atoms with Crippen molar-refractivity contribution in [3.63, 3.8) is 0 Å². The highest BCUT2D eigenvalue weighted by Crippen LogP contribution is 2.24. The van der Waals surface area contributed by atoms with Crippen molar-refractivity contribution in [2.45, 2.75) is 33.9 Å². The second-order valence-electron chi connectivity index (χ2n) is 8.87. The number of pyridine rings is 1. The van der Waals surface area contributed by atoms with Crippen molar-refractivity contribution in [2.75, 3.05) is 0 Å². The van der Waals surface area contributed by atoms with Gasteiger partial charge < -0.3 is 0 Å². The van der Waals surface area contributed by atoms with Crippen LogP contribution in [0.4, 0.5) is 0 Å². The van der Waals surface area contributed by atoms with Gasteiger partial charge in [-0.3, -0.25) is 18.9 Å².